The normalized spacial score (nSPS) is 11.2. The van der Waals surface area contributed by atoms with E-state index in [1.165, 1.54) is 18.7 Å². The van der Waals surface area contributed by atoms with Crippen molar-refractivity contribution in [3.8, 4) is 0 Å². The minimum absolute atomic E-state index is 0.0206. The molecule has 4 rings (SSSR count). The molecule has 0 spiro atoms. The van der Waals surface area contributed by atoms with Crippen LogP contribution in [0.25, 0.3) is 0 Å². The summed E-state index contributed by atoms with van der Waals surface area (Å²) in [6.45, 7) is 1.24. The van der Waals surface area contributed by atoms with Crippen LogP contribution in [0.15, 0.2) is 123 Å². The molecule has 0 amide bonds. The summed E-state index contributed by atoms with van der Waals surface area (Å²) in [6, 6.07) is 31.2. The van der Waals surface area contributed by atoms with E-state index < -0.39 is 5.97 Å². The number of thioether (sulfide) groups is 1. The maximum absolute atomic E-state index is 13.1. The Balaban J connectivity index is 1.39. The molecular formula is C31H24ClNO4S2. The summed E-state index contributed by atoms with van der Waals surface area (Å²) in [5, 5.41) is 4.49. The van der Waals surface area contributed by atoms with Gasteiger partial charge in [-0.25, -0.2) is 4.79 Å². The molecule has 0 heterocycles. The number of rotatable bonds is 11. The predicted octanol–water partition coefficient (Wildman–Crippen LogP) is 8.01. The van der Waals surface area contributed by atoms with Crippen molar-refractivity contribution < 1.29 is 19.2 Å². The lowest BCUT2D eigenvalue weighted by Gasteiger charge is -2.08. The van der Waals surface area contributed by atoms with E-state index in [0.717, 1.165) is 14.7 Å². The Labute approximate surface area is 240 Å². The van der Waals surface area contributed by atoms with Crippen molar-refractivity contribution in [3.63, 3.8) is 0 Å². The largest absolute Gasteiger partial charge is 0.331 e. The van der Waals surface area contributed by atoms with Gasteiger partial charge in [-0.15, -0.1) is 11.8 Å². The van der Waals surface area contributed by atoms with Crippen molar-refractivity contribution in [2.24, 2.45) is 5.16 Å². The first-order valence-corrected chi connectivity index (χ1v) is 14.2. The first-order valence-electron chi connectivity index (χ1n) is 12.0. The Morgan fingerprint density at radius 2 is 1.26 bits per heavy atom. The number of nitrogens with zero attached hydrogens (tertiary/aromatic N) is 1. The minimum Gasteiger partial charge on any atom is -0.318 e. The highest BCUT2D eigenvalue weighted by molar-refractivity contribution is 7.99. The fourth-order valence-corrected chi connectivity index (χ4v) is 5.33. The average Bonchev–Trinajstić information content (AvgIpc) is 2.96. The van der Waals surface area contributed by atoms with Crippen LogP contribution in [0.5, 0.6) is 0 Å². The minimum atomic E-state index is -0.589. The topological polar surface area (TPSA) is 72.8 Å². The van der Waals surface area contributed by atoms with Crippen molar-refractivity contribution in [1.82, 2.24) is 0 Å². The van der Waals surface area contributed by atoms with E-state index in [1.54, 1.807) is 48.2 Å². The third-order valence-electron chi connectivity index (χ3n) is 5.47. The number of carbonyl (C=O) groups excluding carboxylic acids is 3. The highest BCUT2D eigenvalue weighted by Gasteiger charge is 2.16. The highest BCUT2D eigenvalue weighted by Crippen LogP contribution is 2.29. The molecule has 0 bridgehead atoms. The third-order valence-corrected chi connectivity index (χ3v) is 7.75. The van der Waals surface area contributed by atoms with Crippen LogP contribution in [0.4, 0.5) is 0 Å². The van der Waals surface area contributed by atoms with E-state index in [9.17, 15) is 14.4 Å². The summed E-state index contributed by atoms with van der Waals surface area (Å²) in [5.41, 5.74) is 1.90. The van der Waals surface area contributed by atoms with Crippen LogP contribution in [-0.2, 0) is 9.63 Å². The zero-order valence-corrected chi connectivity index (χ0v) is 23.4. The molecule has 0 saturated carbocycles. The number of hydrogen-bond acceptors (Lipinski definition) is 7. The average molecular weight is 574 g/mol. The van der Waals surface area contributed by atoms with Crippen LogP contribution in [0, 0.1) is 0 Å². The monoisotopic (exact) mass is 573 g/mol. The van der Waals surface area contributed by atoms with Crippen molar-refractivity contribution in [3.05, 3.63) is 125 Å². The van der Waals surface area contributed by atoms with E-state index >= 15 is 0 Å². The van der Waals surface area contributed by atoms with Gasteiger partial charge in [0.2, 0.25) is 5.78 Å². The van der Waals surface area contributed by atoms with Crippen molar-refractivity contribution in [2.75, 3.05) is 5.75 Å². The molecular weight excluding hydrogens is 550 g/mol. The first kappa shape index (κ1) is 28.4. The van der Waals surface area contributed by atoms with E-state index in [0.29, 0.717) is 33.9 Å². The molecule has 0 aliphatic rings. The lowest BCUT2D eigenvalue weighted by molar-refractivity contribution is -0.140. The molecule has 39 heavy (non-hydrogen) atoms. The molecule has 196 valence electrons. The first-order chi connectivity index (χ1) is 18.9. The Bertz CT molecular complexity index is 1470. The summed E-state index contributed by atoms with van der Waals surface area (Å²) >= 11 is 9.01. The molecule has 4 aromatic carbocycles. The van der Waals surface area contributed by atoms with Crippen LogP contribution in [-0.4, -0.2) is 29.0 Å². The molecule has 0 saturated heterocycles. The standard InChI is InChI=1S/C31H24ClNO4S2/c1-21(34)37-33-29(19-20-38-26-17-11-25(32)12-18-26)31(36)24-9-15-28(16-10-24)39-27-13-7-23(8-14-27)30(35)22-5-3-2-4-6-22/h2-18H,19-20H2,1H3. The van der Waals surface area contributed by atoms with Crippen molar-refractivity contribution >= 4 is 58.4 Å². The fourth-order valence-electron chi connectivity index (χ4n) is 3.52. The maximum Gasteiger partial charge on any atom is 0.331 e. The molecule has 5 nitrogen and oxygen atoms in total. The lowest BCUT2D eigenvalue weighted by atomic mass is 10.0. The van der Waals surface area contributed by atoms with Gasteiger partial charge in [0.05, 0.1) is 0 Å². The summed E-state index contributed by atoms with van der Waals surface area (Å²) in [4.78, 5) is 44.8. The molecule has 0 aliphatic carbocycles. The van der Waals surface area contributed by atoms with Crippen LogP contribution in [0.3, 0.4) is 0 Å². The highest BCUT2D eigenvalue weighted by atomic mass is 35.5. The molecule has 0 aliphatic heterocycles. The molecule has 0 aromatic heterocycles. The number of ketones is 2. The fraction of sp³-hybridized carbons (Fsp3) is 0.0968. The van der Waals surface area contributed by atoms with E-state index in [-0.39, 0.29) is 17.3 Å². The Kier molecular flexibility index (Phi) is 10.1. The quantitative estimate of drug-likeness (QED) is 0.0595. The second-order valence-corrected chi connectivity index (χ2v) is 11.1. The maximum atomic E-state index is 13.1. The van der Waals surface area contributed by atoms with E-state index in [2.05, 4.69) is 5.16 Å². The smallest absolute Gasteiger partial charge is 0.318 e. The van der Waals surface area contributed by atoms with E-state index in [1.807, 2.05) is 66.7 Å². The number of Topliss-reactive ketones (excluding diaryl/α,β-unsaturated/α-hetero) is 1. The number of hydrogen-bond donors (Lipinski definition) is 0. The molecule has 0 N–H and O–H groups in total. The van der Waals surface area contributed by atoms with Gasteiger partial charge >= 0.3 is 5.97 Å². The number of oxime groups is 1. The molecule has 4 aromatic rings. The van der Waals surface area contributed by atoms with Gasteiger partial charge in [-0.1, -0.05) is 58.9 Å². The van der Waals surface area contributed by atoms with Gasteiger partial charge in [0, 0.05) is 55.5 Å². The van der Waals surface area contributed by atoms with Crippen molar-refractivity contribution in [1.29, 1.82) is 0 Å². The van der Waals surface area contributed by atoms with Gasteiger partial charge < -0.3 is 4.84 Å². The van der Waals surface area contributed by atoms with Crippen LogP contribution >= 0.6 is 35.1 Å². The second kappa shape index (κ2) is 13.9. The van der Waals surface area contributed by atoms with Gasteiger partial charge in [0.15, 0.2) is 5.78 Å². The lowest BCUT2D eigenvalue weighted by Crippen LogP contribution is -2.16. The van der Waals surface area contributed by atoms with Gasteiger partial charge in [-0.2, -0.15) is 0 Å². The molecule has 0 radical (unpaired) electrons. The molecule has 8 heteroatoms. The van der Waals surface area contributed by atoms with Crippen LogP contribution < -0.4 is 0 Å². The molecule has 0 fully saturated rings. The predicted molar refractivity (Wildman–Crippen MR) is 157 cm³/mol. The summed E-state index contributed by atoms with van der Waals surface area (Å²) in [7, 11) is 0. The van der Waals surface area contributed by atoms with E-state index in [4.69, 9.17) is 16.4 Å². The molecule has 0 unspecified atom stereocenters. The Morgan fingerprint density at radius 1 is 0.718 bits per heavy atom. The third kappa shape index (κ3) is 8.42. The zero-order valence-electron chi connectivity index (χ0n) is 21.0. The number of carbonyl (C=O) groups is 3. The van der Waals surface area contributed by atoms with Gasteiger partial charge in [-0.05, 0) is 72.8 Å². The summed E-state index contributed by atoms with van der Waals surface area (Å²) < 4.78 is 0. The SMILES string of the molecule is CC(=O)ON=C(CCSc1ccc(Cl)cc1)C(=O)c1ccc(Sc2ccc(C(=O)c3ccccc3)cc2)cc1. The molecule has 0 atom stereocenters. The number of halogens is 1. The number of benzene rings is 4. The van der Waals surface area contributed by atoms with Crippen LogP contribution in [0.1, 0.15) is 39.6 Å². The second-order valence-electron chi connectivity index (χ2n) is 8.35. The summed E-state index contributed by atoms with van der Waals surface area (Å²) in [5.74, 6) is -0.334. The van der Waals surface area contributed by atoms with Crippen LogP contribution in [0.2, 0.25) is 5.02 Å². The van der Waals surface area contributed by atoms with Gasteiger partial charge in [0.25, 0.3) is 0 Å². The summed E-state index contributed by atoms with van der Waals surface area (Å²) in [6.07, 6.45) is 0.323. The zero-order chi connectivity index (χ0) is 27.6. The van der Waals surface area contributed by atoms with Crippen molar-refractivity contribution in [2.45, 2.75) is 28.0 Å². The van der Waals surface area contributed by atoms with Gasteiger partial charge in [-0.3, -0.25) is 9.59 Å². The Morgan fingerprint density at radius 3 is 1.85 bits per heavy atom. The van der Waals surface area contributed by atoms with Gasteiger partial charge in [0.1, 0.15) is 5.71 Å². The Hall–Kier alpha value is -3.65.